The van der Waals surface area contributed by atoms with E-state index in [0.29, 0.717) is 6.42 Å². The van der Waals surface area contributed by atoms with E-state index in [2.05, 4.69) is 17.2 Å². The van der Waals surface area contributed by atoms with Crippen molar-refractivity contribution in [1.82, 2.24) is 15.1 Å². The molecule has 0 saturated carbocycles. The fraction of sp³-hybridized carbons (Fsp3) is 0.538. The van der Waals surface area contributed by atoms with Crippen LogP contribution in [-0.4, -0.2) is 26.3 Å². The van der Waals surface area contributed by atoms with Gasteiger partial charge in [0.15, 0.2) is 0 Å². The van der Waals surface area contributed by atoms with Crippen molar-refractivity contribution in [1.29, 1.82) is 0 Å². The average molecular weight is 248 g/mol. The molecule has 1 aromatic heterocycles. The van der Waals surface area contributed by atoms with E-state index in [-0.39, 0.29) is 6.10 Å². The summed E-state index contributed by atoms with van der Waals surface area (Å²) in [6.07, 6.45) is 4.51. The number of nitrogens with two attached hydrogens (primary N) is 1. The van der Waals surface area contributed by atoms with E-state index in [1.54, 1.807) is 0 Å². The molecule has 0 radical (unpaired) electrons. The molecule has 1 aromatic carbocycles. The Balaban J connectivity index is 2.09. The molecule has 98 valence electrons. The van der Waals surface area contributed by atoms with Gasteiger partial charge in [-0.3, -0.25) is 0 Å². The Morgan fingerprint density at radius 2 is 2.22 bits per heavy atom. The Bertz CT molecular complexity index is 509. The van der Waals surface area contributed by atoms with Gasteiger partial charge in [-0.25, -0.2) is 0 Å². The maximum atomic E-state index is 10.0. The summed E-state index contributed by atoms with van der Waals surface area (Å²) < 4.78 is 0. The molecule has 0 spiro atoms. The number of fused-ring (bicyclic) bond motifs is 1. The molecule has 0 aliphatic carbocycles. The number of rotatable bonds is 6. The Hall–Kier alpha value is -1.62. The standard InChI is InChI=1S/C13H20N4O/c1-2-3-4-7-11(18)9-10-6-5-8-12-13(10)17(14)16-15-12/h5-6,8,11,18H,2-4,7,9,14H2,1H3. The summed E-state index contributed by atoms with van der Waals surface area (Å²) in [6, 6.07) is 5.77. The van der Waals surface area contributed by atoms with Crippen LogP contribution >= 0.6 is 0 Å². The molecule has 0 saturated heterocycles. The van der Waals surface area contributed by atoms with Gasteiger partial charge in [-0.2, -0.15) is 4.79 Å². The number of para-hydroxylation sites is 1. The van der Waals surface area contributed by atoms with E-state index in [9.17, 15) is 5.11 Å². The second-order valence-electron chi connectivity index (χ2n) is 4.67. The third kappa shape index (κ3) is 2.79. The quantitative estimate of drug-likeness (QED) is 0.601. The minimum Gasteiger partial charge on any atom is -0.393 e. The van der Waals surface area contributed by atoms with E-state index < -0.39 is 0 Å². The zero-order chi connectivity index (χ0) is 13.0. The number of aromatic nitrogens is 3. The van der Waals surface area contributed by atoms with Crippen LogP contribution in [-0.2, 0) is 6.42 Å². The zero-order valence-electron chi connectivity index (χ0n) is 10.7. The largest absolute Gasteiger partial charge is 0.393 e. The lowest BCUT2D eigenvalue weighted by atomic mass is 10.0. The van der Waals surface area contributed by atoms with Crippen LogP contribution in [0.15, 0.2) is 18.2 Å². The van der Waals surface area contributed by atoms with Crippen LogP contribution in [0.2, 0.25) is 0 Å². The summed E-state index contributed by atoms with van der Waals surface area (Å²) in [5, 5.41) is 17.8. The lowest BCUT2D eigenvalue weighted by Gasteiger charge is -2.11. The number of benzene rings is 1. The van der Waals surface area contributed by atoms with Crippen LogP contribution in [0.25, 0.3) is 11.0 Å². The molecule has 0 bridgehead atoms. The van der Waals surface area contributed by atoms with Gasteiger partial charge >= 0.3 is 0 Å². The van der Waals surface area contributed by atoms with Crippen LogP contribution in [0.3, 0.4) is 0 Å². The Morgan fingerprint density at radius 3 is 3.00 bits per heavy atom. The molecule has 2 rings (SSSR count). The molecule has 5 nitrogen and oxygen atoms in total. The normalized spacial score (nSPS) is 13.0. The van der Waals surface area contributed by atoms with Crippen molar-refractivity contribution in [3.8, 4) is 0 Å². The monoisotopic (exact) mass is 248 g/mol. The number of hydrogen-bond acceptors (Lipinski definition) is 4. The van der Waals surface area contributed by atoms with Crippen molar-refractivity contribution in [2.45, 2.75) is 45.1 Å². The zero-order valence-corrected chi connectivity index (χ0v) is 10.7. The lowest BCUT2D eigenvalue weighted by Crippen LogP contribution is -2.14. The molecule has 0 amide bonds. The van der Waals surface area contributed by atoms with E-state index >= 15 is 0 Å². The van der Waals surface area contributed by atoms with E-state index in [1.807, 2.05) is 18.2 Å². The second-order valence-corrected chi connectivity index (χ2v) is 4.67. The first-order chi connectivity index (χ1) is 8.72. The highest BCUT2D eigenvalue weighted by molar-refractivity contribution is 5.78. The van der Waals surface area contributed by atoms with Gasteiger partial charge in [0.05, 0.1) is 6.10 Å². The van der Waals surface area contributed by atoms with Crippen molar-refractivity contribution >= 4 is 11.0 Å². The number of nitrogens with zero attached hydrogens (tertiary/aromatic N) is 3. The second kappa shape index (κ2) is 5.82. The molecule has 1 heterocycles. The van der Waals surface area contributed by atoms with Crippen LogP contribution in [0, 0.1) is 0 Å². The Morgan fingerprint density at radius 1 is 1.39 bits per heavy atom. The predicted molar refractivity (Wildman–Crippen MR) is 71.5 cm³/mol. The van der Waals surface area contributed by atoms with Crippen LogP contribution < -0.4 is 5.84 Å². The van der Waals surface area contributed by atoms with Gasteiger partial charge in [-0.15, -0.1) is 5.10 Å². The molecule has 3 N–H and O–H groups in total. The molecule has 0 aliphatic heterocycles. The number of unbranched alkanes of at least 4 members (excludes halogenated alkanes) is 2. The van der Waals surface area contributed by atoms with Gasteiger partial charge in [0.25, 0.3) is 0 Å². The van der Waals surface area contributed by atoms with Gasteiger partial charge in [-0.1, -0.05) is 38.3 Å². The van der Waals surface area contributed by atoms with E-state index in [0.717, 1.165) is 35.9 Å². The molecule has 18 heavy (non-hydrogen) atoms. The third-order valence-electron chi connectivity index (χ3n) is 3.17. The van der Waals surface area contributed by atoms with Crippen LogP contribution in [0.1, 0.15) is 38.2 Å². The van der Waals surface area contributed by atoms with Gasteiger partial charge in [0.2, 0.25) is 0 Å². The van der Waals surface area contributed by atoms with Gasteiger partial charge < -0.3 is 10.9 Å². The molecule has 1 atom stereocenters. The molecular formula is C13H20N4O. The Labute approximate surface area is 107 Å². The first-order valence-electron chi connectivity index (χ1n) is 6.48. The molecule has 1 unspecified atom stereocenters. The van der Waals surface area contributed by atoms with E-state index in [4.69, 9.17) is 5.84 Å². The molecule has 0 aliphatic rings. The molecular weight excluding hydrogens is 228 g/mol. The highest BCUT2D eigenvalue weighted by Crippen LogP contribution is 2.18. The fourth-order valence-electron chi connectivity index (χ4n) is 2.21. The maximum Gasteiger partial charge on any atom is 0.115 e. The van der Waals surface area contributed by atoms with Crippen molar-refractivity contribution < 1.29 is 5.11 Å². The SMILES string of the molecule is CCCCCC(O)Cc1cccc2nnn(N)c12. The minimum atomic E-state index is -0.322. The Kier molecular flexibility index (Phi) is 4.15. The van der Waals surface area contributed by atoms with Gasteiger partial charge in [-0.05, 0) is 23.3 Å². The highest BCUT2D eigenvalue weighted by atomic mass is 16.3. The van der Waals surface area contributed by atoms with E-state index in [1.165, 1.54) is 11.2 Å². The van der Waals surface area contributed by atoms with Crippen molar-refractivity contribution in [2.24, 2.45) is 0 Å². The van der Waals surface area contributed by atoms with Crippen molar-refractivity contribution in [3.05, 3.63) is 23.8 Å². The van der Waals surface area contributed by atoms with Crippen molar-refractivity contribution in [2.75, 3.05) is 5.84 Å². The van der Waals surface area contributed by atoms with Crippen LogP contribution in [0.4, 0.5) is 0 Å². The summed E-state index contributed by atoms with van der Waals surface area (Å²) in [5.74, 6) is 5.74. The van der Waals surface area contributed by atoms with Crippen molar-refractivity contribution in [3.63, 3.8) is 0 Å². The average Bonchev–Trinajstić information content (AvgIpc) is 2.73. The summed E-state index contributed by atoms with van der Waals surface area (Å²) in [5.41, 5.74) is 2.59. The number of aliphatic hydroxyl groups is 1. The first-order valence-corrected chi connectivity index (χ1v) is 6.48. The summed E-state index contributed by atoms with van der Waals surface area (Å²) in [4.78, 5) is 1.28. The number of hydrogen-bond donors (Lipinski definition) is 2. The number of nitrogen functional groups attached to an aromatic ring is 1. The summed E-state index contributed by atoms with van der Waals surface area (Å²) in [7, 11) is 0. The minimum absolute atomic E-state index is 0.322. The molecule has 5 heteroatoms. The third-order valence-corrected chi connectivity index (χ3v) is 3.17. The topological polar surface area (TPSA) is 77.0 Å². The van der Waals surface area contributed by atoms with Crippen LogP contribution in [0.5, 0.6) is 0 Å². The predicted octanol–water partition coefficient (Wildman–Crippen LogP) is 1.63. The maximum absolute atomic E-state index is 10.0. The summed E-state index contributed by atoms with van der Waals surface area (Å²) >= 11 is 0. The first kappa shape index (κ1) is 12.8. The smallest absolute Gasteiger partial charge is 0.115 e. The number of aliphatic hydroxyl groups excluding tert-OH is 1. The fourth-order valence-corrected chi connectivity index (χ4v) is 2.21. The van der Waals surface area contributed by atoms with Gasteiger partial charge in [0, 0.05) is 6.42 Å². The molecule has 0 fully saturated rings. The highest BCUT2D eigenvalue weighted by Gasteiger charge is 2.11. The lowest BCUT2D eigenvalue weighted by molar-refractivity contribution is 0.161. The molecule has 2 aromatic rings. The summed E-state index contributed by atoms with van der Waals surface area (Å²) in [6.45, 7) is 2.16. The van der Waals surface area contributed by atoms with Gasteiger partial charge in [0.1, 0.15) is 11.0 Å².